The summed E-state index contributed by atoms with van der Waals surface area (Å²) in [4.78, 5) is 28.3. The van der Waals surface area contributed by atoms with Crippen LogP contribution in [0.5, 0.6) is 0 Å². The van der Waals surface area contributed by atoms with Crippen LogP contribution < -0.4 is 4.90 Å². The van der Waals surface area contributed by atoms with E-state index in [9.17, 15) is 9.59 Å². The molecule has 1 aromatic heterocycles. The Morgan fingerprint density at radius 1 is 1.12 bits per heavy atom. The molecule has 0 unspecified atom stereocenters. The molecule has 1 amide bonds. The van der Waals surface area contributed by atoms with Gasteiger partial charge in [0.1, 0.15) is 4.88 Å². The van der Waals surface area contributed by atoms with E-state index < -0.39 is 0 Å². The lowest BCUT2D eigenvalue weighted by molar-refractivity contribution is -0.117. The quantitative estimate of drug-likeness (QED) is 0.190. The second kappa shape index (κ2) is 12.7. The molecule has 178 valence electrons. The summed E-state index contributed by atoms with van der Waals surface area (Å²) in [6.45, 7) is 5.95. The lowest BCUT2D eigenvalue weighted by atomic mass is 10.1. The molecule has 1 aliphatic heterocycles. The van der Waals surface area contributed by atoms with Gasteiger partial charge >= 0.3 is 5.97 Å². The molecule has 1 fully saturated rings. The van der Waals surface area contributed by atoms with Crippen molar-refractivity contribution in [3.05, 3.63) is 63.9 Å². The maximum absolute atomic E-state index is 12.6. The Labute approximate surface area is 202 Å². The maximum Gasteiger partial charge on any atom is 0.348 e. The van der Waals surface area contributed by atoms with Crippen molar-refractivity contribution in [1.29, 1.82) is 0 Å². The van der Waals surface area contributed by atoms with Gasteiger partial charge in [-0.1, -0.05) is 50.5 Å². The summed E-state index contributed by atoms with van der Waals surface area (Å²) >= 11 is 1.48. The topological polar surface area (TPSA) is 46.6 Å². The number of carbonyl (C=O) groups is 2. The Kier molecular flexibility index (Phi) is 9.74. The third kappa shape index (κ3) is 7.56. The van der Waals surface area contributed by atoms with Gasteiger partial charge in [-0.2, -0.15) is 0 Å². The monoisotopic (exact) mass is 467 g/mol. The highest BCUT2D eigenvalue weighted by molar-refractivity contribution is 7.13. The molecule has 0 N–H and O–H groups in total. The molecule has 4 nitrogen and oxygen atoms in total. The molecule has 1 aliphatic rings. The van der Waals surface area contributed by atoms with Crippen LogP contribution in [0.4, 0.5) is 5.69 Å². The molecule has 0 saturated carbocycles. The first kappa shape index (κ1) is 25.2. The number of nitrogens with zero attached hydrogens (tertiary/aromatic N) is 1. The smallest absolute Gasteiger partial charge is 0.348 e. The molecule has 1 saturated heterocycles. The van der Waals surface area contributed by atoms with E-state index in [4.69, 9.17) is 4.74 Å². The van der Waals surface area contributed by atoms with Gasteiger partial charge in [0.25, 0.3) is 0 Å². The van der Waals surface area contributed by atoms with Crippen LogP contribution in [-0.2, 0) is 22.4 Å². The number of anilines is 1. The molecule has 5 heteroatoms. The van der Waals surface area contributed by atoms with E-state index >= 15 is 0 Å². The van der Waals surface area contributed by atoms with Crippen LogP contribution in [0.2, 0.25) is 0 Å². The number of rotatable bonds is 12. The first-order chi connectivity index (χ1) is 16.0. The molecule has 0 spiro atoms. The molecule has 3 rings (SSSR count). The van der Waals surface area contributed by atoms with E-state index in [0.717, 1.165) is 36.2 Å². The summed E-state index contributed by atoms with van der Waals surface area (Å²) in [7, 11) is 0. The van der Waals surface area contributed by atoms with Crippen molar-refractivity contribution >= 4 is 28.9 Å². The minimum absolute atomic E-state index is 0.109. The zero-order valence-corrected chi connectivity index (χ0v) is 21.0. The van der Waals surface area contributed by atoms with Gasteiger partial charge in [0, 0.05) is 23.0 Å². The maximum atomic E-state index is 12.6. The van der Waals surface area contributed by atoms with Gasteiger partial charge in [-0.3, -0.25) is 4.79 Å². The number of unbranched alkanes of at least 4 members (excludes halogenated alkanes) is 3. The van der Waals surface area contributed by atoms with Gasteiger partial charge in [0.05, 0.1) is 6.10 Å². The average molecular weight is 468 g/mol. The zero-order chi connectivity index (χ0) is 23.6. The number of esters is 1. The number of ether oxygens (including phenoxy) is 1. The summed E-state index contributed by atoms with van der Waals surface area (Å²) in [6, 6.07) is 12.6. The Balaban J connectivity index is 1.51. The highest BCUT2D eigenvalue weighted by Crippen LogP contribution is 2.29. The number of amides is 1. The standard InChI is InChI=1S/C28H37NO3S/c1-4-5-6-7-10-22-13-15-24(16-14-22)29-23(17-20-27(29)30)11-8-9-12-25-18-19-26(33-25)28(31)32-21(2)3/h8-9,13-16,18-19,21,23H,4-7,10-12,17,20H2,1-3H3/b9-8+/t23-/m0/s1. The highest BCUT2D eigenvalue weighted by atomic mass is 32.1. The summed E-state index contributed by atoms with van der Waals surface area (Å²) < 4.78 is 5.26. The fraction of sp³-hybridized carbons (Fsp3) is 0.500. The lowest BCUT2D eigenvalue weighted by Gasteiger charge is -2.24. The zero-order valence-electron chi connectivity index (χ0n) is 20.2. The van der Waals surface area contributed by atoms with Gasteiger partial charge < -0.3 is 9.64 Å². The third-order valence-electron chi connectivity index (χ3n) is 5.96. The summed E-state index contributed by atoms with van der Waals surface area (Å²) in [5.41, 5.74) is 2.37. The highest BCUT2D eigenvalue weighted by Gasteiger charge is 2.31. The van der Waals surface area contributed by atoms with Crippen LogP contribution in [-0.4, -0.2) is 24.0 Å². The molecule has 0 radical (unpaired) electrons. The van der Waals surface area contributed by atoms with Crippen LogP contribution in [0.15, 0.2) is 48.6 Å². The number of aryl methyl sites for hydroxylation is 1. The van der Waals surface area contributed by atoms with Crippen molar-refractivity contribution < 1.29 is 14.3 Å². The van der Waals surface area contributed by atoms with Gasteiger partial charge in [0.15, 0.2) is 0 Å². The van der Waals surface area contributed by atoms with Crippen molar-refractivity contribution in [2.75, 3.05) is 4.90 Å². The largest absolute Gasteiger partial charge is 0.459 e. The first-order valence-electron chi connectivity index (χ1n) is 12.3. The van der Waals surface area contributed by atoms with E-state index in [1.807, 2.05) is 30.9 Å². The van der Waals surface area contributed by atoms with Crippen LogP contribution in [0.25, 0.3) is 0 Å². The van der Waals surface area contributed by atoms with Gasteiger partial charge in [-0.15, -0.1) is 11.3 Å². The Morgan fingerprint density at radius 3 is 2.64 bits per heavy atom. The molecule has 2 aromatic rings. The van der Waals surface area contributed by atoms with Crippen LogP contribution in [0.3, 0.4) is 0 Å². The Bertz CT molecular complexity index is 929. The van der Waals surface area contributed by atoms with E-state index in [-0.39, 0.29) is 24.0 Å². The van der Waals surface area contributed by atoms with Crippen molar-refractivity contribution in [3.63, 3.8) is 0 Å². The van der Waals surface area contributed by atoms with Crippen LogP contribution in [0.1, 0.15) is 85.8 Å². The van der Waals surface area contributed by atoms with E-state index in [1.165, 1.54) is 42.6 Å². The van der Waals surface area contributed by atoms with E-state index in [0.29, 0.717) is 11.3 Å². The summed E-state index contributed by atoms with van der Waals surface area (Å²) in [5, 5.41) is 0. The third-order valence-corrected chi connectivity index (χ3v) is 7.05. The van der Waals surface area contributed by atoms with Crippen LogP contribution >= 0.6 is 11.3 Å². The summed E-state index contributed by atoms with van der Waals surface area (Å²) in [5.74, 6) is -0.0343. The number of hydrogen-bond acceptors (Lipinski definition) is 4. The molecule has 1 aromatic carbocycles. The van der Waals surface area contributed by atoms with Crippen molar-refractivity contribution in [2.24, 2.45) is 0 Å². The number of thiophene rings is 1. The van der Waals surface area contributed by atoms with Gasteiger partial charge in [0.2, 0.25) is 5.91 Å². The molecule has 1 atom stereocenters. The van der Waals surface area contributed by atoms with Gasteiger partial charge in [-0.05, 0) is 75.8 Å². The van der Waals surface area contributed by atoms with Crippen LogP contribution in [0, 0.1) is 0 Å². The number of hydrogen-bond donors (Lipinski definition) is 0. The predicted molar refractivity (Wildman–Crippen MR) is 137 cm³/mol. The molecule has 0 aliphatic carbocycles. The normalized spacial score (nSPS) is 16.3. The number of allylic oxidation sites excluding steroid dienone is 1. The molecular formula is C28H37NO3S. The Morgan fingerprint density at radius 2 is 1.91 bits per heavy atom. The summed E-state index contributed by atoms with van der Waals surface area (Å²) in [6.07, 6.45) is 13.5. The SMILES string of the molecule is CCCCCCc1ccc(N2C(=O)CC[C@@H]2C/C=C/Cc2ccc(C(=O)OC(C)C)s2)cc1. The Hall–Kier alpha value is -2.40. The number of benzene rings is 1. The average Bonchev–Trinajstić information content (AvgIpc) is 3.41. The van der Waals surface area contributed by atoms with E-state index in [2.05, 4.69) is 43.3 Å². The molecule has 2 heterocycles. The molecular weight excluding hydrogens is 430 g/mol. The van der Waals surface area contributed by atoms with Crippen molar-refractivity contribution in [3.8, 4) is 0 Å². The fourth-order valence-electron chi connectivity index (χ4n) is 4.22. The van der Waals surface area contributed by atoms with Gasteiger partial charge in [-0.25, -0.2) is 4.79 Å². The minimum atomic E-state index is -0.252. The van der Waals surface area contributed by atoms with Crippen molar-refractivity contribution in [2.45, 2.75) is 90.7 Å². The molecule has 33 heavy (non-hydrogen) atoms. The van der Waals surface area contributed by atoms with Crippen molar-refractivity contribution in [1.82, 2.24) is 0 Å². The first-order valence-corrected chi connectivity index (χ1v) is 13.1. The second-order valence-corrected chi connectivity index (χ2v) is 10.2. The second-order valence-electron chi connectivity index (χ2n) is 9.06. The number of carbonyl (C=O) groups excluding carboxylic acids is 2. The van der Waals surface area contributed by atoms with E-state index in [1.54, 1.807) is 0 Å². The minimum Gasteiger partial charge on any atom is -0.459 e. The lowest BCUT2D eigenvalue weighted by Crippen LogP contribution is -2.32. The molecule has 0 bridgehead atoms. The fourth-order valence-corrected chi connectivity index (χ4v) is 5.09. The predicted octanol–water partition coefficient (Wildman–Crippen LogP) is 7.12.